The number of likely N-dealkylation sites (N-methyl/N-ethyl adjacent to an activating group) is 1. The van der Waals surface area contributed by atoms with Crippen molar-refractivity contribution in [1.29, 1.82) is 0 Å². The van der Waals surface area contributed by atoms with Gasteiger partial charge in [0, 0.05) is 23.9 Å². The predicted molar refractivity (Wildman–Crippen MR) is 97.9 cm³/mol. The highest BCUT2D eigenvalue weighted by atomic mass is 32.2. The van der Waals surface area contributed by atoms with Gasteiger partial charge in [-0.25, -0.2) is 0 Å². The summed E-state index contributed by atoms with van der Waals surface area (Å²) in [5.41, 5.74) is 1.59. The number of Topliss-reactive ketones (excluding diaryl/α,β-unsaturated/α-hetero) is 1. The van der Waals surface area contributed by atoms with Gasteiger partial charge in [-0.1, -0.05) is 12.1 Å². The lowest BCUT2D eigenvalue weighted by Crippen LogP contribution is -2.34. The van der Waals surface area contributed by atoms with E-state index in [0.717, 1.165) is 0 Å². The number of nitrogens with zero attached hydrogens (tertiary/aromatic N) is 2. The lowest BCUT2D eigenvalue weighted by atomic mass is 10.1. The van der Waals surface area contributed by atoms with E-state index >= 15 is 0 Å². The number of anilines is 1. The normalized spacial score (nSPS) is 14.3. The Labute approximate surface area is 151 Å². The number of hydrogen-bond acceptors (Lipinski definition) is 5. The van der Waals surface area contributed by atoms with Crippen LogP contribution in [0, 0.1) is 0 Å². The first-order valence-corrected chi connectivity index (χ1v) is 9.28. The maximum Gasteiger partial charge on any atom is 0.285 e. The standard InChI is InChI=1S/C18H17N3O4S/c1-12(22)13-7-9-14(10-8-13)19-17(23)11-21(2)18-15-5-3-4-6-16(15)26(24,25)20-18/h3-10H,11H2,1-2H3,(H,19,23). The third kappa shape index (κ3) is 3.50. The molecule has 3 rings (SSSR count). The zero-order valence-electron chi connectivity index (χ0n) is 14.3. The summed E-state index contributed by atoms with van der Waals surface area (Å²) in [5.74, 6) is -0.142. The lowest BCUT2D eigenvalue weighted by Gasteiger charge is -2.18. The Morgan fingerprint density at radius 1 is 1.08 bits per heavy atom. The molecule has 0 spiro atoms. The number of rotatable bonds is 4. The lowest BCUT2D eigenvalue weighted by molar-refractivity contribution is -0.116. The van der Waals surface area contributed by atoms with Gasteiger partial charge in [-0.3, -0.25) is 9.59 Å². The quantitative estimate of drug-likeness (QED) is 0.828. The van der Waals surface area contributed by atoms with Gasteiger partial charge in [0.1, 0.15) is 4.90 Å². The van der Waals surface area contributed by atoms with Gasteiger partial charge in [-0.15, -0.1) is 4.40 Å². The molecule has 2 aromatic rings. The summed E-state index contributed by atoms with van der Waals surface area (Å²) >= 11 is 0. The largest absolute Gasteiger partial charge is 0.349 e. The summed E-state index contributed by atoms with van der Waals surface area (Å²) in [6.07, 6.45) is 0. The van der Waals surface area contributed by atoms with Crippen molar-refractivity contribution in [2.24, 2.45) is 4.40 Å². The van der Waals surface area contributed by atoms with Crippen LogP contribution < -0.4 is 5.32 Å². The summed E-state index contributed by atoms with van der Waals surface area (Å²) in [5, 5.41) is 2.71. The van der Waals surface area contributed by atoms with E-state index in [9.17, 15) is 18.0 Å². The van der Waals surface area contributed by atoms with Crippen LogP contribution in [0.3, 0.4) is 0 Å². The molecule has 8 heteroatoms. The molecule has 134 valence electrons. The Hall–Kier alpha value is -3.00. The predicted octanol–water partition coefficient (Wildman–Crippen LogP) is 1.91. The van der Waals surface area contributed by atoms with Crippen molar-refractivity contribution in [3.63, 3.8) is 0 Å². The monoisotopic (exact) mass is 371 g/mol. The molecule has 0 fully saturated rings. The van der Waals surface area contributed by atoms with Crippen molar-refractivity contribution in [2.45, 2.75) is 11.8 Å². The van der Waals surface area contributed by atoms with Gasteiger partial charge in [-0.05, 0) is 43.3 Å². The van der Waals surface area contributed by atoms with E-state index in [1.807, 2.05) is 0 Å². The van der Waals surface area contributed by atoms with E-state index in [1.165, 1.54) is 17.9 Å². The van der Waals surface area contributed by atoms with Crippen LogP contribution in [0.15, 0.2) is 57.8 Å². The van der Waals surface area contributed by atoms with Crippen LogP contribution in [0.2, 0.25) is 0 Å². The average Bonchev–Trinajstić information content (AvgIpc) is 2.87. The van der Waals surface area contributed by atoms with Crippen molar-refractivity contribution in [3.8, 4) is 0 Å². The smallest absolute Gasteiger partial charge is 0.285 e. The minimum atomic E-state index is -3.72. The maximum atomic E-state index is 12.2. The van der Waals surface area contributed by atoms with Gasteiger partial charge < -0.3 is 10.2 Å². The average molecular weight is 371 g/mol. The van der Waals surface area contributed by atoms with Gasteiger partial charge >= 0.3 is 0 Å². The zero-order chi connectivity index (χ0) is 18.9. The van der Waals surface area contributed by atoms with Crippen LogP contribution in [-0.4, -0.2) is 44.4 Å². The molecule has 2 aromatic carbocycles. The zero-order valence-corrected chi connectivity index (χ0v) is 15.1. The van der Waals surface area contributed by atoms with Crippen LogP contribution >= 0.6 is 0 Å². The number of amides is 1. The highest BCUT2D eigenvalue weighted by molar-refractivity contribution is 7.90. The molecule has 1 N–H and O–H groups in total. The molecule has 26 heavy (non-hydrogen) atoms. The fraction of sp³-hybridized carbons (Fsp3) is 0.167. The second-order valence-corrected chi connectivity index (χ2v) is 7.50. The highest BCUT2D eigenvalue weighted by Gasteiger charge is 2.30. The fourth-order valence-corrected chi connectivity index (χ4v) is 3.89. The molecule has 0 aliphatic carbocycles. The highest BCUT2D eigenvalue weighted by Crippen LogP contribution is 2.26. The number of fused-ring (bicyclic) bond motifs is 1. The van der Waals surface area contributed by atoms with Gasteiger partial charge in [-0.2, -0.15) is 8.42 Å². The molecule has 0 aromatic heterocycles. The van der Waals surface area contributed by atoms with Crippen molar-refractivity contribution in [1.82, 2.24) is 4.90 Å². The van der Waals surface area contributed by atoms with Gasteiger partial charge in [0.25, 0.3) is 10.0 Å². The second kappa shape index (κ2) is 6.72. The maximum absolute atomic E-state index is 12.2. The number of nitrogens with one attached hydrogen (secondary N) is 1. The Kier molecular flexibility index (Phi) is 4.60. The minimum Gasteiger partial charge on any atom is -0.349 e. The van der Waals surface area contributed by atoms with E-state index in [1.54, 1.807) is 49.5 Å². The van der Waals surface area contributed by atoms with Gasteiger partial charge in [0.2, 0.25) is 5.91 Å². The molecular formula is C18H17N3O4S. The van der Waals surface area contributed by atoms with Crippen LogP contribution in [-0.2, 0) is 14.8 Å². The van der Waals surface area contributed by atoms with Crippen molar-refractivity contribution in [2.75, 3.05) is 18.9 Å². The molecule has 7 nitrogen and oxygen atoms in total. The van der Waals surface area contributed by atoms with E-state index in [2.05, 4.69) is 9.71 Å². The molecular weight excluding hydrogens is 354 g/mol. The first kappa shape index (κ1) is 17.8. The first-order valence-electron chi connectivity index (χ1n) is 7.84. The molecule has 0 saturated heterocycles. The summed E-state index contributed by atoms with van der Waals surface area (Å²) < 4.78 is 28.0. The van der Waals surface area contributed by atoms with Gasteiger partial charge in [0.15, 0.2) is 11.6 Å². The van der Waals surface area contributed by atoms with Crippen molar-refractivity contribution >= 4 is 33.2 Å². The fourth-order valence-electron chi connectivity index (χ4n) is 2.64. The van der Waals surface area contributed by atoms with Crippen LogP contribution in [0.4, 0.5) is 5.69 Å². The SMILES string of the molecule is CC(=O)c1ccc(NC(=O)CN(C)C2=NS(=O)(=O)c3ccccc32)cc1. The summed E-state index contributed by atoms with van der Waals surface area (Å²) in [6.45, 7) is 1.40. The molecule has 1 aliphatic rings. The number of carbonyl (C=O) groups excluding carboxylic acids is 2. The molecule has 1 amide bonds. The molecule has 0 atom stereocenters. The Morgan fingerprint density at radius 2 is 1.73 bits per heavy atom. The molecule has 0 radical (unpaired) electrons. The van der Waals surface area contributed by atoms with Crippen LogP contribution in [0.5, 0.6) is 0 Å². The van der Waals surface area contributed by atoms with Crippen LogP contribution in [0.1, 0.15) is 22.8 Å². The number of ketones is 1. The summed E-state index contributed by atoms with van der Waals surface area (Å²) in [4.78, 5) is 25.1. The van der Waals surface area contributed by atoms with E-state index in [-0.39, 0.29) is 29.0 Å². The van der Waals surface area contributed by atoms with E-state index in [4.69, 9.17) is 0 Å². The second-order valence-electron chi connectivity index (χ2n) is 5.92. The van der Waals surface area contributed by atoms with E-state index in [0.29, 0.717) is 16.8 Å². The summed E-state index contributed by atoms with van der Waals surface area (Å²) in [6, 6.07) is 13.0. The molecule has 0 unspecified atom stereocenters. The number of hydrogen-bond donors (Lipinski definition) is 1. The van der Waals surface area contributed by atoms with Crippen molar-refractivity contribution < 1.29 is 18.0 Å². The van der Waals surface area contributed by atoms with Gasteiger partial charge in [0.05, 0.1) is 6.54 Å². The molecule has 1 heterocycles. The first-order chi connectivity index (χ1) is 12.3. The Balaban J connectivity index is 1.71. The molecule has 0 saturated carbocycles. The minimum absolute atomic E-state index is 0.0540. The third-order valence-corrected chi connectivity index (χ3v) is 5.26. The number of benzene rings is 2. The van der Waals surface area contributed by atoms with Crippen LogP contribution in [0.25, 0.3) is 0 Å². The molecule has 0 bridgehead atoms. The Bertz CT molecular complexity index is 1010. The van der Waals surface area contributed by atoms with Crippen molar-refractivity contribution in [3.05, 3.63) is 59.7 Å². The topological polar surface area (TPSA) is 95.9 Å². The summed E-state index contributed by atoms with van der Waals surface area (Å²) in [7, 11) is -2.12. The number of carbonyl (C=O) groups is 2. The third-order valence-electron chi connectivity index (χ3n) is 3.93. The molecule has 1 aliphatic heterocycles. The number of amidine groups is 1. The van der Waals surface area contributed by atoms with E-state index < -0.39 is 10.0 Å². The number of sulfonamides is 1. The Morgan fingerprint density at radius 3 is 2.38 bits per heavy atom.